The van der Waals surface area contributed by atoms with Crippen LogP contribution in [0.3, 0.4) is 0 Å². The van der Waals surface area contributed by atoms with Crippen LogP contribution in [0, 0.1) is 0 Å². The summed E-state index contributed by atoms with van der Waals surface area (Å²) in [5.74, 6) is 0.755. The number of nitrogens with two attached hydrogens (primary N) is 1. The van der Waals surface area contributed by atoms with Crippen LogP contribution in [0.15, 0.2) is 12.1 Å². The Balaban J connectivity index is 1.94. The first-order valence-corrected chi connectivity index (χ1v) is 5.90. The Hall–Kier alpha value is -1.00. The van der Waals surface area contributed by atoms with Gasteiger partial charge in [-0.25, -0.2) is 4.98 Å². The minimum atomic E-state index is 0.433. The van der Waals surface area contributed by atoms with Gasteiger partial charge in [0, 0.05) is 24.3 Å². The maximum Gasteiger partial charge on any atom is 0.133 e. The van der Waals surface area contributed by atoms with E-state index in [2.05, 4.69) is 22.2 Å². The topological polar surface area (TPSA) is 54.2 Å². The number of aromatic nitrogens is 1. The number of halogens is 1. The number of rotatable bonds is 3. The van der Waals surface area contributed by atoms with Crippen molar-refractivity contribution >= 4 is 23.1 Å². The summed E-state index contributed by atoms with van der Waals surface area (Å²) in [5.41, 5.74) is 6.34. The Morgan fingerprint density at radius 3 is 3.06 bits per heavy atom. The first kappa shape index (κ1) is 11.5. The van der Waals surface area contributed by atoms with Crippen LogP contribution in [0.4, 0.5) is 11.5 Å². The van der Waals surface area contributed by atoms with E-state index in [1.54, 1.807) is 12.1 Å². The second-order valence-electron chi connectivity index (χ2n) is 4.27. The zero-order valence-corrected chi connectivity index (χ0v) is 10.2. The monoisotopic (exact) mass is 240 g/mol. The molecular formula is C11H17ClN4. The van der Waals surface area contributed by atoms with Crippen molar-refractivity contribution in [2.45, 2.75) is 18.9 Å². The van der Waals surface area contributed by atoms with Gasteiger partial charge in [-0.2, -0.15) is 0 Å². The van der Waals surface area contributed by atoms with E-state index in [0.29, 0.717) is 16.9 Å². The molecule has 3 N–H and O–H groups in total. The SMILES string of the molecule is CN1CCCC1CNc1cc(N)cc(Cl)n1. The minimum absolute atomic E-state index is 0.433. The van der Waals surface area contributed by atoms with Crippen LogP contribution in [-0.2, 0) is 0 Å². The van der Waals surface area contributed by atoms with Crippen LogP contribution in [0.1, 0.15) is 12.8 Å². The molecular weight excluding hydrogens is 224 g/mol. The molecule has 0 radical (unpaired) electrons. The van der Waals surface area contributed by atoms with Crippen molar-refractivity contribution in [2.24, 2.45) is 0 Å². The molecule has 2 rings (SSSR count). The van der Waals surface area contributed by atoms with Crippen molar-refractivity contribution in [3.05, 3.63) is 17.3 Å². The Morgan fingerprint density at radius 2 is 2.44 bits per heavy atom. The lowest BCUT2D eigenvalue weighted by molar-refractivity contribution is 0.322. The number of nitrogens with one attached hydrogen (secondary N) is 1. The van der Waals surface area contributed by atoms with Gasteiger partial charge in [-0.15, -0.1) is 0 Å². The fourth-order valence-corrected chi connectivity index (χ4v) is 2.28. The number of hydrogen-bond donors (Lipinski definition) is 2. The Labute approximate surface area is 101 Å². The van der Waals surface area contributed by atoms with Gasteiger partial charge in [0.15, 0.2) is 0 Å². The van der Waals surface area contributed by atoms with Crippen LogP contribution in [0.2, 0.25) is 5.15 Å². The van der Waals surface area contributed by atoms with Crippen molar-refractivity contribution in [2.75, 3.05) is 31.2 Å². The highest BCUT2D eigenvalue weighted by molar-refractivity contribution is 6.29. The number of nitrogens with zero attached hydrogens (tertiary/aromatic N) is 2. The molecule has 16 heavy (non-hydrogen) atoms. The third-order valence-electron chi connectivity index (χ3n) is 3.01. The Bertz CT molecular complexity index is 349. The van der Waals surface area contributed by atoms with E-state index in [-0.39, 0.29) is 0 Å². The molecule has 1 unspecified atom stereocenters. The van der Waals surface area contributed by atoms with Crippen molar-refractivity contribution < 1.29 is 0 Å². The lowest BCUT2D eigenvalue weighted by atomic mass is 10.2. The maximum absolute atomic E-state index is 5.83. The molecule has 0 spiro atoms. The van der Waals surface area contributed by atoms with Gasteiger partial charge >= 0.3 is 0 Å². The number of hydrogen-bond acceptors (Lipinski definition) is 4. The molecule has 1 aliphatic heterocycles. The fraction of sp³-hybridized carbons (Fsp3) is 0.545. The summed E-state index contributed by atoms with van der Waals surface area (Å²) in [7, 11) is 2.15. The number of anilines is 2. The molecule has 0 amide bonds. The average molecular weight is 241 g/mol. The summed E-state index contributed by atoms with van der Waals surface area (Å²) in [6, 6.07) is 4.04. The van der Waals surface area contributed by atoms with Crippen LogP contribution >= 0.6 is 11.6 Å². The number of pyridine rings is 1. The summed E-state index contributed by atoms with van der Waals surface area (Å²) >= 11 is 5.83. The van der Waals surface area contributed by atoms with E-state index in [1.807, 2.05) is 0 Å². The van der Waals surface area contributed by atoms with E-state index in [4.69, 9.17) is 17.3 Å². The molecule has 0 aliphatic carbocycles. The van der Waals surface area contributed by atoms with Gasteiger partial charge in [0.25, 0.3) is 0 Å². The normalized spacial score (nSPS) is 21.2. The molecule has 5 heteroatoms. The average Bonchev–Trinajstić information content (AvgIpc) is 2.59. The third kappa shape index (κ3) is 2.77. The van der Waals surface area contributed by atoms with Gasteiger partial charge in [0.05, 0.1) is 0 Å². The van der Waals surface area contributed by atoms with Gasteiger partial charge in [-0.3, -0.25) is 0 Å². The second kappa shape index (κ2) is 4.89. The van der Waals surface area contributed by atoms with Gasteiger partial charge in [-0.05, 0) is 32.5 Å². The van der Waals surface area contributed by atoms with Crippen LogP contribution in [0.25, 0.3) is 0 Å². The molecule has 4 nitrogen and oxygen atoms in total. The number of likely N-dealkylation sites (tertiary alicyclic amines) is 1. The summed E-state index contributed by atoms with van der Waals surface area (Å²) in [6.07, 6.45) is 2.51. The first-order chi connectivity index (χ1) is 7.65. The zero-order chi connectivity index (χ0) is 11.5. The smallest absolute Gasteiger partial charge is 0.133 e. The predicted octanol–water partition coefficient (Wildman–Crippen LogP) is 1.82. The molecule has 1 saturated heterocycles. The van der Waals surface area contributed by atoms with Crippen molar-refractivity contribution in [3.63, 3.8) is 0 Å². The van der Waals surface area contributed by atoms with Gasteiger partial charge in [0.2, 0.25) is 0 Å². The fourth-order valence-electron chi connectivity index (χ4n) is 2.07. The van der Waals surface area contributed by atoms with E-state index >= 15 is 0 Å². The maximum atomic E-state index is 5.83. The lowest BCUT2D eigenvalue weighted by Gasteiger charge is -2.20. The van der Waals surface area contributed by atoms with Gasteiger partial charge in [-0.1, -0.05) is 11.6 Å². The highest BCUT2D eigenvalue weighted by Crippen LogP contribution is 2.18. The Morgan fingerprint density at radius 1 is 1.62 bits per heavy atom. The molecule has 1 aromatic heterocycles. The van der Waals surface area contributed by atoms with Crippen LogP contribution in [-0.4, -0.2) is 36.1 Å². The summed E-state index contributed by atoms with van der Waals surface area (Å²) < 4.78 is 0. The molecule has 1 aliphatic rings. The molecule has 0 saturated carbocycles. The summed E-state index contributed by atoms with van der Waals surface area (Å²) in [5, 5.41) is 3.71. The van der Waals surface area contributed by atoms with E-state index in [1.165, 1.54) is 19.4 Å². The van der Waals surface area contributed by atoms with Crippen molar-refractivity contribution in [1.82, 2.24) is 9.88 Å². The highest BCUT2D eigenvalue weighted by atomic mass is 35.5. The molecule has 1 aromatic rings. The molecule has 0 aromatic carbocycles. The number of likely N-dealkylation sites (N-methyl/N-ethyl adjacent to an activating group) is 1. The molecule has 1 fully saturated rings. The largest absolute Gasteiger partial charge is 0.399 e. The molecule has 0 bridgehead atoms. The first-order valence-electron chi connectivity index (χ1n) is 5.52. The Kier molecular flexibility index (Phi) is 3.51. The van der Waals surface area contributed by atoms with Gasteiger partial charge < -0.3 is 16.0 Å². The summed E-state index contributed by atoms with van der Waals surface area (Å²) in [4.78, 5) is 6.54. The standard InChI is InChI=1S/C11H17ClN4/c1-16-4-2-3-9(16)7-14-11-6-8(13)5-10(12)15-11/h5-6,9H,2-4,7H2,1H3,(H3,13,14,15). The predicted molar refractivity (Wildman–Crippen MR) is 67.8 cm³/mol. The molecule has 1 atom stereocenters. The van der Waals surface area contributed by atoms with E-state index < -0.39 is 0 Å². The minimum Gasteiger partial charge on any atom is -0.399 e. The summed E-state index contributed by atoms with van der Waals surface area (Å²) in [6.45, 7) is 2.07. The quantitative estimate of drug-likeness (QED) is 0.792. The van der Waals surface area contributed by atoms with Crippen LogP contribution in [0.5, 0.6) is 0 Å². The second-order valence-corrected chi connectivity index (χ2v) is 4.65. The van der Waals surface area contributed by atoms with E-state index in [0.717, 1.165) is 12.4 Å². The van der Waals surface area contributed by atoms with Crippen molar-refractivity contribution in [1.29, 1.82) is 0 Å². The van der Waals surface area contributed by atoms with Gasteiger partial charge in [0.1, 0.15) is 11.0 Å². The van der Waals surface area contributed by atoms with E-state index in [9.17, 15) is 0 Å². The lowest BCUT2D eigenvalue weighted by Crippen LogP contribution is -2.31. The highest BCUT2D eigenvalue weighted by Gasteiger charge is 2.20. The third-order valence-corrected chi connectivity index (χ3v) is 3.20. The zero-order valence-electron chi connectivity index (χ0n) is 9.41. The van der Waals surface area contributed by atoms with Crippen molar-refractivity contribution in [3.8, 4) is 0 Å². The molecule has 88 valence electrons. The molecule has 2 heterocycles. The number of nitrogen functional groups attached to an aromatic ring is 1. The van der Waals surface area contributed by atoms with Crippen LogP contribution < -0.4 is 11.1 Å².